The molecule has 1 fully saturated rings. The molecule has 1 saturated heterocycles. The number of carbonyl (C=O) groups is 1. The average Bonchev–Trinajstić information content (AvgIpc) is 2.69. The summed E-state index contributed by atoms with van der Waals surface area (Å²) in [6, 6.07) is 11.8. The minimum atomic E-state index is -0.233. The summed E-state index contributed by atoms with van der Waals surface area (Å²) in [4.78, 5) is 16.9. The predicted octanol–water partition coefficient (Wildman–Crippen LogP) is 3.99. The second-order valence-corrected chi connectivity index (χ2v) is 7.85. The average molecular weight is 421 g/mol. The molecule has 0 radical (unpaired) electrons. The SMILES string of the molecule is COc1cc(Cl)cc(OCC(=O)N2C[C@@H](C)N(Cc3ccc(F)cc3)C[C@@H]2C)c1. The molecule has 1 aliphatic heterocycles. The summed E-state index contributed by atoms with van der Waals surface area (Å²) < 4.78 is 23.9. The molecular formula is C22H26ClFN2O3. The van der Waals surface area contributed by atoms with Gasteiger partial charge in [0.15, 0.2) is 6.61 Å². The van der Waals surface area contributed by atoms with E-state index in [1.807, 2.05) is 11.8 Å². The Morgan fingerprint density at radius 2 is 1.79 bits per heavy atom. The summed E-state index contributed by atoms with van der Waals surface area (Å²) in [5, 5.41) is 0.489. The van der Waals surface area contributed by atoms with E-state index in [4.69, 9.17) is 21.1 Å². The molecule has 5 nitrogen and oxygen atoms in total. The fraction of sp³-hybridized carbons (Fsp3) is 0.409. The van der Waals surface area contributed by atoms with Gasteiger partial charge in [-0.1, -0.05) is 23.7 Å². The number of nitrogens with zero attached hydrogens (tertiary/aromatic N) is 2. The zero-order valence-electron chi connectivity index (χ0n) is 16.9. The van der Waals surface area contributed by atoms with Crippen molar-refractivity contribution in [2.24, 2.45) is 0 Å². The Labute approximate surface area is 176 Å². The van der Waals surface area contributed by atoms with E-state index in [9.17, 15) is 9.18 Å². The molecule has 2 aromatic rings. The number of methoxy groups -OCH3 is 1. The number of hydrogen-bond donors (Lipinski definition) is 0. The highest BCUT2D eigenvalue weighted by atomic mass is 35.5. The maximum Gasteiger partial charge on any atom is 0.260 e. The lowest BCUT2D eigenvalue weighted by Gasteiger charge is -2.44. The van der Waals surface area contributed by atoms with Crippen LogP contribution in [0.1, 0.15) is 19.4 Å². The number of halogens is 2. The molecule has 156 valence electrons. The third-order valence-corrected chi connectivity index (χ3v) is 5.40. The molecule has 7 heteroatoms. The smallest absolute Gasteiger partial charge is 0.260 e. The molecule has 2 aromatic carbocycles. The third-order valence-electron chi connectivity index (χ3n) is 5.18. The highest BCUT2D eigenvalue weighted by molar-refractivity contribution is 6.30. The minimum Gasteiger partial charge on any atom is -0.497 e. The Morgan fingerprint density at radius 1 is 1.10 bits per heavy atom. The second kappa shape index (κ2) is 9.46. The Hall–Kier alpha value is -2.31. The molecule has 0 N–H and O–H groups in total. The first-order chi connectivity index (χ1) is 13.9. The third kappa shape index (κ3) is 5.61. The summed E-state index contributed by atoms with van der Waals surface area (Å²) in [6.45, 7) is 6.16. The van der Waals surface area contributed by atoms with Gasteiger partial charge in [0.05, 0.1) is 7.11 Å². The Kier molecular flexibility index (Phi) is 6.98. The van der Waals surface area contributed by atoms with Crippen LogP contribution in [0.3, 0.4) is 0 Å². The van der Waals surface area contributed by atoms with E-state index in [0.717, 1.165) is 18.7 Å². The van der Waals surface area contributed by atoms with Crippen molar-refractivity contribution in [3.8, 4) is 11.5 Å². The maximum atomic E-state index is 13.1. The van der Waals surface area contributed by atoms with Gasteiger partial charge in [0.1, 0.15) is 17.3 Å². The van der Waals surface area contributed by atoms with Gasteiger partial charge in [-0.25, -0.2) is 4.39 Å². The monoisotopic (exact) mass is 420 g/mol. The van der Waals surface area contributed by atoms with Gasteiger partial charge in [0.2, 0.25) is 0 Å². The van der Waals surface area contributed by atoms with Crippen LogP contribution in [-0.4, -0.2) is 54.6 Å². The van der Waals surface area contributed by atoms with E-state index < -0.39 is 0 Å². The summed E-state index contributed by atoms with van der Waals surface area (Å²) in [6.07, 6.45) is 0. The van der Waals surface area contributed by atoms with Crippen LogP contribution >= 0.6 is 11.6 Å². The van der Waals surface area contributed by atoms with E-state index in [1.54, 1.807) is 37.4 Å². The zero-order chi connectivity index (χ0) is 21.0. The molecule has 29 heavy (non-hydrogen) atoms. The van der Waals surface area contributed by atoms with Gasteiger partial charge in [-0.3, -0.25) is 9.69 Å². The molecule has 0 saturated carbocycles. The van der Waals surface area contributed by atoms with Crippen LogP contribution in [0.25, 0.3) is 0 Å². The van der Waals surface area contributed by atoms with Crippen molar-refractivity contribution in [3.63, 3.8) is 0 Å². The molecule has 1 amide bonds. The van der Waals surface area contributed by atoms with Crippen molar-refractivity contribution in [1.29, 1.82) is 0 Å². The van der Waals surface area contributed by atoms with E-state index in [-0.39, 0.29) is 30.4 Å². The normalized spacial score (nSPS) is 19.8. The Bertz CT molecular complexity index is 846. The Balaban J connectivity index is 1.57. The van der Waals surface area contributed by atoms with Gasteiger partial charge in [-0.15, -0.1) is 0 Å². The molecule has 1 heterocycles. The lowest BCUT2D eigenvalue weighted by Crippen LogP contribution is -2.58. The predicted molar refractivity (Wildman–Crippen MR) is 111 cm³/mol. The minimum absolute atomic E-state index is 0.0524. The van der Waals surface area contributed by atoms with Crippen LogP contribution in [0.15, 0.2) is 42.5 Å². The van der Waals surface area contributed by atoms with Crippen molar-refractivity contribution in [3.05, 3.63) is 58.9 Å². The van der Waals surface area contributed by atoms with Crippen molar-refractivity contribution >= 4 is 17.5 Å². The summed E-state index contributed by atoms with van der Waals surface area (Å²) in [7, 11) is 1.55. The fourth-order valence-corrected chi connectivity index (χ4v) is 3.77. The van der Waals surface area contributed by atoms with Gasteiger partial charge in [0.25, 0.3) is 5.91 Å². The van der Waals surface area contributed by atoms with Crippen molar-refractivity contribution in [1.82, 2.24) is 9.80 Å². The molecule has 2 atom stereocenters. The van der Waals surface area contributed by atoms with Crippen molar-refractivity contribution in [2.75, 3.05) is 26.8 Å². The van der Waals surface area contributed by atoms with Crippen LogP contribution in [0.4, 0.5) is 4.39 Å². The molecule has 0 unspecified atom stereocenters. The van der Waals surface area contributed by atoms with Gasteiger partial charge < -0.3 is 14.4 Å². The van der Waals surface area contributed by atoms with E-state index in [0.29, 0.717) is 23.1 Å². The van der Waals surface area contributed by atoms with Gasteiger partial charge in [0, 0.05) is 42.8 Å². The number of rotatable bonds is 6. The highest BCUT2D eigenvalue weighted by Gasteiger charge is 2.32. The first-order valence-corrected chi connectivity index (χ1v) is 9.99. The molecule has 0 aliphatic carbocycles. The van der Waals surface area contributed by atoms with Crippen molar-refractivity contribution < 1.29 is 18.7 Å². The van der Waals surface area contributed by atoms with Crippen molar-refractivity contribution in [2.45, 2.75) is 32.5 Å². The van der Waals surface area contributed by atoms with Crippen LogP contribution in [0, 0.1) is 5.82 Å². The van der Waals surface area contributed by atoms with Crippen LogP contribution < -0.4 is 9.47 Å². The standard InChI is InChI=1S/C22H26ClFN2O3/c1-15-12-26(16(2)11-25(15)13-17-4-6-19(24)7-5-17)22(27)14-29-21-9-18(23)8-20(10-21)28-3/h4-10,15-16H,11-14H2,1-3H3/t15-,16+/m1/s1. The molecular weight excluding hydrogens is 395 g/mol. The van der Waals surface area contributed by atoms with E-state index in [1.165, 1.54) is 12.1 Å². The molecule has 1 aliphatic rings. The zero-order valence-corrected chi connectivity index (χ0v) is 17.7. The van der Waals surface area contributed by atoms with E-state index in [2.05, 4.69) is 11.8 Å². The number of piperazine rings is 1. The highest BCUT2D eigenvalue weighted by Crippen LogP contribution is 2.26. The van der Waals surface area contributed by atoms with Crippen LogP contribution in [0.5, 0.6) is 11.5 Å². The Morgan fingerprint density at radius 3 is 2.48 bits per heavy atom. The molecule has 0 aromatic heterocycles. The quantitative estimate of drug-likeness (QED) is 0.708. The largest absolute Gasteiger partial charge is 0.497 e. The molecule has 0 spiro atoms. The lowest BCUT2D eigenvalue weighted by molar-refractivity contribution is -0.139. The van der Waals surface area contributed by atoms with Gasteiger partial charge in [-0.2, -0.15) is 0 Å². The second-order valence-electron chi connectivity index (χ2n) is 7.42. The van der Waals surface area contributed by atoms with Crippen LogP contribution in [-0.2, 0) is 11.3 Å². The number of hydrogen-bond acceptors (Lipinski definition) is 4. The summed E-state index contributed by atoms with van der Waals surface area (Å²) in [5.41, 5.74) is 1.06. The lowest BCUT2D eigenvalue weighted by atomic mass is 10.1. The first kappa shape index (κ1) is 21.4. The molecule has 3 rings (SSSR count). The summed E-state index contributed by atoms with van der Waals surface area (Å²) >= 11 is 6.04. The van der Waals surface area contributed by atoms with Gasteiger partial charge >= 0.3 is 0 Å². The molecule has 0 bridgehead atoms. The van der Waals surface area contributed by atoms with Gasteiger partial charge in [-0.05, 0) is 43.7 Å². The van der Waals surface area contributed by atoms with Crippen LogP contribution in [0.2, 0.25) is 5.02 Å². The first-order valence-electron chi connectivity index (χ1n) is 9.61. The fourth-order valence-electron chi connectivity index (χ4n) is 3.56. The number of amides is 1. The topological polar surface area (TPSA) is 42.0 Å². The summed E-state index contributed by atoms with van der Waals surface area (Å²) in [5.74, 6) is 0.780. The maximum absolute atomic E-state index is 13.1. The number of ether oxygens (including phenoxy) is 2. The number of carbonyl (C=O) groups excluding carboxylic acids is 1. The van der Waals surface area contributed by atoms with E-state index >= 15 is 0 Å². The number of benzene rings is 2.